The van der Waals surface area contributed by atoms with E-state index in [0.29, 0.717) is 16.4 Å². The molecule has 3 nitrogen and oxygen atoms in total. The molecule has 0 radical (unpaired) electrons. The molecule has 0 bridgehead atoms. The molecule has 2 aromatic carbocycles. The molecule has 1 aliphatic rings. The van der Waals surface area contributed by atoms with Crippen LogP contribution in [0.4, 0.5) is 4.39 Å². The van der Waals surface area contributed by atoms with Crippen molar-refractivity contribution in [3.8, 4) is 0 Å². The molecule has 1 unspecified atom stereocenters. The van der Waals surface area contributed by atoms with Crippen LogP contribution in [0.15, 0.2) is 47.4 Å². The minimum Gasteiger partial charge on any atom is -0.299 e. The van der Waals surface area contributed by atoms with Crippen molar-refractivity contribution in [1.29, 1.82) is 0 Å². The summed E-state index contributed by atoms with van der Waals surface area (Å²) in [4.78, 5) is 2.76. The molecule has 2 aromatic rings. The number of halogens is 1. The van der Waals surface area contributed by atoms with Gasteiger partial charge in [-0.3, -0.25) is 4.90 Å². The van der Waals surface area contributed by atoms with Gasteiger partial charge in [-0.1, -0.05) is 24.3 Å². The fourth-order valence-corrected chi connectivity index (χ4v) is 4.12. The third kappa shape index (κ3) is 4.67. The first kappa shape index (κ1) is 18.1. The van der Waals surface area contributed by atoms with Gasteiger partial charge >= 0.3 is 0 Å². The molecule has 134 valence electrons. The third-order valence-electron chi connectivity index (χ3n) is 4.87. The van der Waals surface area contributed by atoms with E-state index in [9.17, 15) is 12.8 Å². The summed E-state index contributed by atoms with van der Waals surface area (Å²) in [5, 5.41) is 0. The van der Waals surface area contributed by atoms with Gasteiger partial charge in [0.1, 0.15) is 5.82 Å². The van der Waals surface area contributed by atoms with E-state index in [2.05, 4.69) is 4.90 Å². The minimum atomic E-state index is -3.14. The SMILES string of the molecule is Cc1cc(CC2CCN(Cc3ccc(S(C)(=O)=O)cc3)C2)ccc1F. The van der Waals surface area contributed by atoms with E-state index < -0.39 is 9.84 Å². The van der Waals surface area contributed by atoms with E-state index in [1.54, 1.807) is 25.1 Å². The van der Waals surface area contributed by atoms with Gasteiger partial charge in [-0.05, 0) is 67.1 Å². The summed E-state index contributed by atoms with van der Waals surface area (Å²) in [6, 6.07) is 12.5. The Kier molecular flexibility index (Phi) is 5.25. The maximum atomic E-state index is 13.4. The van der Waals surface area contributed by atoms with Crippen molar-refractivity contribution in [3.05, 3.63) is 65.0 Å². The number of hydrogen-bond acceptors (Lipinski definition) is 3. The van der Waals surface area contributed by atoms with Gasteiger partial charge in [0.2, 0.25) is 0 Å². The van der Waals surface area contributed by atoms with Crippen LogP contribution in [0.2, 0.25) is 0 Å². The second-order valence-electron chi connectivity index (χ2n) is 7.09. The van der Waals surface area contributed by atoms with Gasteiger partial charge in [0.15, 0.2) is 9.84 Å². The van der Waals surface area contributed by atoms with E-state index in [-0.39, 0.29) is 5.82 Å². The molecule has 1 aliphatic heterocycles. The Balaban J connectivity index is 1.56. The largest absolute Gasteiger partial charge is 0.299 e. The molecular weight excluding hydrogens is 337 g/mol. The number of aryl methyl sites for hydroxylation is 1. The highest BCUT2D eigenvalue weighted by Gasteiger charge is 2.23. The zero-order valence-corrected chi connectivity index (χ0v) is 15.5. The third-order valence-corrected chi connectivity index (χ3v) is 6.00. The van der Waals surface area contributed by atoms with Gasteiger partial charge in [-0.15, -0.1) is 0 Å². The number of rotatable bonds is 5. The molecule has 0 N–H and O–H groups in total. The monoisotopic (exact) mass is 361 g/mol. The first-order valence-electron chi connectivity index (χ1n) is 8.57. The summed E-state index contributed by atoms with van der Waals surface area (Å²) < 4.78 is 36.4. The average molecular weight is 361 g/mol. The number of nitrogens with zero attached hydrogens (tertiary/aromatic N) is 1. The molecular formula is C20H24FNO2S. The van der Waals surface area contributed by atoms with Crippen LogP contribution in [0.1, 0.15) is 23.1 Å². The summed E-state index contributed by atoms with van der Waals surface area (Å²) in [5.74, 6) is 0.439. The van der Waals surface area contributed by atoms with E-state index >= 15 is 0 Å². The van der Waals surface area contributed by atoms with Gasteiger partial charge in [0.05, 0.1) is 4.90 Å². The Morgan fingerprint density at radius 1 is 1.12 bits per heavy atom. The highest BCUT2D eigenvalue weighted by Crippen LogP contribution is 2.23. The number of sulfone groups is 1. The lowest BCUT2D eigenvalue weighted by atomic mass is 9.97. The van der Waals surface area contributed by atoms with Crippen molar-refractivity contribution in [2.45, 2.75) is 31.2 Å². The van der Waals surface area contributed by atoms with Crippen molar-refractivity contribution in [2.75, 3.05) is 19.3 Å². The smallest absolute Gasteiger partial charge is 0.175 e. The second kappa shape index (κ2) is 7.26. The molecule has 1 heterocycles. The van der Waals surface area contributed by atoms with Crippen LogP contribution in [-0.2, 0) is 22.8 Å². The Labute approximate surface area is 149 Å². The molecule has 0 aromatic heterocycles. The Morgan fingerprint density at radius 3 is 2.44 bits per heavy atom. The topological polar surface area (TPSA) is 37.4 Å². The van der Waals surface area contributed by atoms with Crippen molar-refractivity contribution < 1.29 is 12.8 Å². The van der Waals surface area contributed by atoms with Crippen LogP contribution in [0, 0.1) is 18.7 Å². The number of hydrogen-bond donors (Lipinski definition) is 0. The predicted octanol–water partition coefficient (Wildman–Crippen LogP) is 3.60. The lowest BCUT2D eigenvalue weighted by Gasteiger charge is -2.16. The van der Waals surface area contributed by atoms with Crippen molar-refractivity contribution in [2.24, 2.45) is 5.92 Å². The fraction of sp³-hybridized carbons (Fsp3) is 0.400. The van der Waals surface area contributed by atoms with Crippen LogP contribution in [0.5, 0.6) is 0 Å². The lowest BCUT2D eigenvalue weighted by Crippen LogP contribution is -2.20. The predicted molar refractivity (Wildman–Crippen MR) is 97.8 cm³/mol. The van der Waals surface area contributed by atoms with Crippen molar-refractivity contribution >= 4 is 9.84 Å². The van der Waals surface area contributed by atoms with Crippen LogP contribution in [0.3, 0.4) is 0 Å². The van der Waals surface area contributed by atoms with Gasteiger partial charge in [0, 0.05) is 19.3 Å². The first-order valence-corrected chi connectivity index (χ1v) is 10.5. The highest BCUT2D eigenvalue weighted by atomic mass is 32.2. The molecule has 25 heavy (non-hydrogen) atoms. The van der Waals surface area contributed by atoms with Crippen molar-refractivity contribution in [1.82, 2.24) is 4.90 Å². The quantitative estimate of drug-likeness (QED) is 0.817. The normalized spacial score (nSPS) is 18.6. The number of benzene rings is 2. The second-order valence-corrected chi connectivity index (χ2v) is 9.11. The summed E-state index contributed by atoms with van der Waals surface area (Å²) >= 11 is 0. The minimum absolute atomic E-state index is 0.144. The summed E-state index contributed by atoms with van der Waals surface area (Å²) in [6.07, 6.45) is 3.34. The first-order chi connectivity index (χ1) is 11.8. The molecule has 0 amide bonds. The number of likely N-dealkylation sites (tertiary alicyclic amines) is 1. The zero-order valence-electron chi connectivity index (χ0n) is 14.7. The van der Waals surface area contributed by atoms with Crippen LogP contribution < -0.4 is 0 Å². The average Bonchev–Trinajstić information content (AvgIpc) is 2.98. The van der Waals surface area contributed by atoms with Crippen LogP contribution >= 0.6 is 0 Å². The Morgan fingerprint density at radius 2 is 1.80 bits per heavy atom. The molecule has 0 aliphatic carbocycles. The van der Waals surface area contributed by atoms with Gasteiger partial charge in [0.25, 0.3) is 0 Å². The van der Waals surface area contributed by atoms with Gasteiger partial charge < -0.3 is 0 Å². The van der Waals surface area contributed by atoms with E-state index in [1.165, 1.54) is 11.8 Å². The lowest BCUT2D eigenvalue weighted by molar-refractivity contribution is 0.316. The molecule has 1 atom stereocenters. The maximum Gasteiger partial charge on any atom is 0.175 e. The molecule has 3 rings (SSSR count). The van der Waals surface area contributed by atoms with E-state index in [1.807, 2.05) is 24.3 Å². The highest BCUT2D eigenvalue weighted by molar-refractivity contribution is 7.90. The fourth-order valence-electron chi connectivity index (χ4n) is 3.49. The van der Waals surface area contributed by atoms with Gasteiger partial charge in [-0.25, -0.2) is 12.8 Å². The molecule has 5 heteroatoms. The van der Waals surface area contributed by atoms with Crippen LogP contribution in [-0.4, -0.2) is 32.7 Å². The Hall–Kier alpha value is -1.72. The molecule has 1 fully saturated rings. The molecule has 1 saturated heterocycles. The molecule has 0 spiro atoms. The van der Waals surface area contributed by atoms with E-state index in [0.717, 1.165) is 38.0 Å². The summed E-state index contributed by atoms with van der Waals surface area (Å²) in [5.41, 5.74) is 3.03. The molecule has 0 saturated carbocycles. The standard InChI is InChI=1S/C20H24FNO2S/c1-15-11-17(5-8-20(15)21)12-18-9-10-22(14-18)13-16-3-6-19(7-4-16)25(2,23)24/h3-8,11,18H,9-10,12-14H2,1-2H3. The van der Waals surface area contributed by atoms with E-state index in [4.69, 9.17) is 0 Å². The Bertz CT molecular complexity index is 846. The van der Waals surface area contributed by atoms with Gasteiger partial charge in [-0.2, -0.15) is 0 Å². The van der Waals surface area contributed by atoms with Crippen molar-refractivity contribution in [3.63, 3.8) is 0 Å². The zero-order chi connectivity index (χ0) is 18.0. The summed E-state index contributed by atoms with van der Waals surface area (Å²) in [6.45, 7) is 4.70. The summed E-state index contributed by atoms with van der Waals surface area (Å²) in [7, 11) is -3.14. The van der Waals surface area contributed by atoms with Crippen LogP contribution in [0.25, 0.3) is 0 Å². The maximum absolute atomic E-state index is 13.4.